The number of benzene rings is 1. The van der Waals surface area contributed by atoms with E-state index in [-0.39, 0.29) is 11.7 Å². The second kappa shape index (κ2) is 9.01. The van der Waals surface area contributed by atoms with E-state index in [1.165, 1.54) is 31.4 Å². The van der Waals surface area contributed by atoms with E-state index < -0.39 is 0 Å². The van der Waals surface area contributed by atoms with E-state index in [4.69, 9.17) is 0 Å². The number of carbonyl (C=O) groups excluding carboxylic acids is 1. The number of rotatable bonds is 5. The van der Waals surface area contributed by atoms with Gasteiger partial charge in [0.1, 0.15) is 16.5 Å². The molecule has 1 aromatic carbocycles. The molecule has 0 bridgehead atoms. The van der Waals surface area contributed by atoms with Crippen molar-refractivity contribution in [2.75, 3.05) is 31.1 Å². The lowest BCUT2D eigenvalue weighted by Crippen LogP contribution is -2.46. The quantitative estimate of drug-likeness (QED) is 0.829. The number of thiazole rings is 1. The van der Waals surface area contributed by atoms with Crippen LogP contribution in [-0.4, -0.2) is 48.0 Å². The molecule has 2 heterocycles. The SMILES string of the molecule is O=C(NC1CCCCC1)c1csc(CN2CCN(c3ccc(F)cc3)CC2)n1. The molecule has 2 fully saturated rings. The van der Waals surface area contributed by atoms with Crippen LogP contribution in [-0.2, 0) is 6.54 Å². The van der Waals surface area contributed by atoms with Crippen LogP contribution in [0.5, 0.6) is 0 Å². The maximum Gasteiger partial charge on any atom is 0.270 e. The lowest BCUT2D eigenvalue weighted by Gasteiger charge is -2.35. The topological polar surface area (TPSA) is 48.5 Å². The molecule has 1 saturated heterocycles. The van der Waals surface area contributed by atoms with Crippen LogP contribution in [0.25, 0.3) is 0 Å². The summed E-state index contributed by atoms with van der Waals surface area (Å²) in [4.78, 5) is 21.6. The van der Waals surface area contributed by atoms with E-state index in [1.807, 2.05) is 17.5 Å². The lowest BCUT2D eigenvalue weighted by molar-refractivity contribution is 0.0923. The Morgan fingerprint density at radius 3 is 2.54 bits per heavy atom. The van der Waals surface area contributed by atoms with Crippen LogP contribution in [0.15, 0.2) is 29.6 Å². The van der Waals surface area contributed by atoms with Crippen molar-refractivity contribution in [1.82, 2.24) is 15.2 Å². The summed E-state index contributed by atoms with van der Waals surface area (Å²) in [5.74, 6) is -0.231. The molecule has 5 nitrogen and oxygen atoms in total. The Morgan fingerprint density at radius 2 is 1.82 bits per heavy atom. The van der Waals surface area contributed by atoms with Crippen LogP contribution in [0.2, 0.25) is 0 Å². The molecular formula is C21H27FN4OS. The largest absolute Gasteiger partial charge is 0.369 e. The molecule has 1 aliphatic heterocycles. The molecule has 150 valence electrons. The number of halogens is 1. The first-order chi connectivity index (χ1) is 13.7. The maximum absolute atomic E-state index is 13.1. The molecule has 1 amide bonds. The van der Waals surface area contributed by atoms with Crippen LogP contribution < -0.4 is 10.2 Å². The maximum atomic E-state index is 13.1. The average Bonchev–Trinajstić information content (AvgIpc) is 3.19. The van der Waals surface area contributed by atoms with Crippen molar-refractivity contribution in [2.45, 2.75) is 44.7 Å². The Hall–Kier alpha value is -1.99. The van der Waals surface area contributed by atoms with Crippen LogP contribution in [0.1, 0.15) is 47.6 Å². The highest BCUT2D eigenvalue weighted by molar-refractivity contribution is 7.09. The van der Waals surface area contributed by atoms with Gasteiger partial charge in [0.25, 0.3) is 5.91 Å². The van der Waals surface area contributed by atoms with E-state index in [2.05, 4.69) is 20.1 Å². The second-order valence-corrected chi connectivity index (χ2v) is 8.62. The van der Waals surface area contributed by atoms with Gasteiger partial charge in [0.2, 0.25) is 0 Å². The number of piperazine rings is 1. The number of anilines is 1. The van der Waals surface area contributed by atoms with Crippen molar-refractivity contribution in [2.24, 2.45) is 0 Å². The summed E-state index contributed by atoms with van der Waals surface area (Å²) in [7, 11) is 0. The molecule has 1 aliphatic carbocycles. The van der Waals surface area contributed by atoms with Gasteiger partial charge in [0, 0.05) is 43.3 Å². The summed E-state index contributed by atoms with van der Waals surface area (Å²) >= 11 is 1.56. The molecule has 0 spiro atoms. The van der Waals surface area contributed by atoms with Crippen LogP contribution >= 0.6 is 11.3 Å². The van der Waals surface area contributed by atoms with Crippen molar-refractivity contribution >= 4 is 22.9 Å². The van der Waals surface area contributed by atoms with Crippen molar-refractivity contribution < 1.29 is 9.18 Å². The third-order valence-electron chi connectivity index (χ3n) is 5.65. The molecule has 2 aliphatic rings. The Morgan fingerprint density at radius 1 is 1.11 bits per heavy atom. The van der Waals surface area contributed by atoms with E-state index >= 15 is 0 Å². The summed E-state index contributed by atoms with van der Waals surface area (Å²) in [6, 6.07) is 7.01. The molecule has 0 radical (unpaired) electrons. The van der Waals surface area contributed by atoms with Gasteiger partial charge in [-0.2, -0.15) is 0 Å². The van der Waals surface area contributed by atoms with Gasteiger partial charge in [-0.25, -0.2) is 9.37 Å². The second-order valence-electron chi connectivity index (χ2n) is 7.67. The van der Waals surface area contributed by atoms with Gasteiger partial charge in [-0.15, -0.1) is 11.3 Å². The number of carbonyl (C=O) groups is 1. The van der Waals surface area contributed by atoms with Gasteiger partial charge in [-0.3, -0.25) is 9.69 Å². The number of nitrogens with zero attached hydrogens (tertiary/aromatic N) is 3. The summed E-state index contributed by atoms with van der Waals surface area (Å²) in [5.41, 5.74) is 1.62. The minimum Gasteiger partial charge on any atom is -0.369 e. The van der Waals surface area contributed by atoms with Gasteiger partial charge < -0.3 is 10.2 Å². The van der Waals surface area contributed by atoms with E-state index in [1.54, 1.807) is 11.3 Å². The third kappa shape index (κ3) is 4.89. The Labute approximate surface area is 169 Å². The number of hydrogen-bond donors (Lipinski definition) is 1. The number of hydrogen-bond acceptors (Lipinski definition) is 5. The first kappa shape index (κ1) is 19.3. The molecule has 4 rings (SSSR count). The van der Waals surface area contributed by atoms with Gasteiger partial charge in [0.15, 0.2) is 0 Å². The standard InChI is InChI=1S/C21H27FN4OS/c22-16-6-8-18(9-7-16)26-12-10-25(11-13-26)14-20-24-19(15-28-20)21(27)23-17-4-2-1-3-5-17/h6-9,15,17H,1-5,10-14H2,(H,23,27). The van der Waals surface area contributed by atoms with Crippen molar-refractivity contribution in [3.8, 4) is 0 Å². The molecule has 0 unspecified atom stereocenters. The van der Waals surface area contributed by atoms with Crippen LogP contribution in [0.3, 0.4) is 0 Å². The fourth-order valence-corrected chi connectivity index (χ4v) is 4.82. The molecule has 1 aromatic heterocycles. The first-order valence-electron chi connectivity index (χ1n) is 10.2. The number of amides is 1. The summed E-state index contributed by atoms with van der Waals surface area (Å²) in [6.45, 7) is 4.46. The van der Waals surface area contributed by atoms with Gasteiger partial charge in [0.05, 0.1) is 6.54 Å². The minimum absolute atomic E-state index is 0.0319. The van der Waals surface area contributed by atoms with Crippen LogP contribution in [0, 0.1) is 5.82 Å². The van der Waals surface area contributed by atoms with Crippen molar-refractivity contribution in [1.29, 1.82) is 0 Å². The molecule has 0 atom stereocenters. The Kier molecular flexibility index (Phi) is 6.22. The van der Waals surface area contributed by atoms with Crippen LogP contribution in [0.4, 0.5) is 10.1 Å². The fraction of sp³-hybridized carbons (Fsp3) is 0.524. The lowest BCUT2D eigenvalue weighted by atomic mass is 9.95. The summed E-state index contributed by atoms with van der Waals surface area (Å²) in [5, 5.41) is 6.01. The van der Waals surface area contributed by atoms with E-state index in [9.17, 15) is 9.18 Å². The van der Waals surface area contributed by atoms with Gasteiger partial charge in [-0.1, -0.05) is 19.3 Å². The highest BCUT2D eigenvalue weighted by Crippen LogP contribution is 2.20. The number of nitrogens with one attached hydrogen (secondary N) is 1. The Balaban J connectivity index is 1.26. The Bertz CT molecular complexity index is 780. The summed E-state index contributed by atoms with van der Waals surface area (Å²) < 4.78 is 13.1. The monoisotopic (exact) mass is 402 g/mol. The molecular weight excluding hydrogens is 375 g/mol. The minimum atomic E-state index is -0.200. The zero-order valence-electron chi connectivity index (χ0n) is 16.1. The zero-order valence-corrected chi connectivity index (χ0v) is 16.9. The highest BCUT2D eigenvalue weighted by Gasteiger charge is 2.21. The summed E-state index contributed by atoms with van der Waals surface area (Å²) in [6.07, 6.45) is 5.86. The average molecular weight is 403 g/mol. The third-order valence-corrected chi connectivity index (χ3v) is 6.48. The smallest absolute Gasteiger partial charge is 0.270 e. The number of aromatic nitrogens is 1. The first-order valence-corrected chi connectivity index (χ1v) is 11.0. The molecule has 28 heavy (non-hydrogen) atoms. The van der Waals surface area contributed by atoms with Crippen molar-refractivity contribution in [3.05, 3.63) is 46.2 Å². The zero-order chi connectivity index (χ0) is 19.3. The highest BCUT2D eigenvalue weighted by atomic mass is 32.1. The van der Waals surface area contributed by atoms with Crippen molar-refractivity contribution in [3.63, 3.8) is 0 Å². The molecule has 2 aromatic rings. The molecule has 1 saturated carbocycles. The predicted molar refractivity (Wildman–Crippen MR) is 110 cm³/mol. The molecule has 1 N–H and O–H groups in total. The fourth-order valence-electron chi connectivity index (χ4n) is 4.00. The normalized spacial score (nSPS) is 19.0. The van der Waals surface area contributed by atoms with Gasteiger partial charge >= 0.3 is 0 Å². The van der Waals surface area contributed by atoms with E-state index in [0.29, 0.717) is 11.7 Å². The molecule has 7 heteroatoms. The van der Waals surface area contributed by atoms with E-state index in [0.717, 1.165) is 56.3 Å². The van der Waals surface area contributed by atoms with Gasteiger partial charge in [-0.05, 0) is 37.1 Å². The predicted octanol–water partition coefficient (Wildman–Crippen LogP) is 3.67.